The average Bonchev–Trinajstić information content (AvgIpc) is 3.11. The van der Waals surface area contributed by atoms with Gasteiger partial charge in [-0.2, -0.15) is 5.10 Å². The van der Waals surface area contributed by atoms with Crippen LogP contribution in [0.3, 0.4) is 0 Å². The third-order valence-electron chi connectivity index (χ3n) is 3.68. The molecule has 1 amide bonds. The highest BCUT2D eigenvalue weighted by Crippen LogP contribution is 2.34. The number of rotatable bonds is 3. The van der Waals surface area contributed by atoms with Crippen LogP contribution in [0.25, 0.3) is 5.52 Å². The van der Waals surface area contributed by atoms with Crippen LogP contribution in [0.4, 0.5) is 10.5 Å². The molecule has 0 N–H and O–H groups in total. The zero-order valence-corrected chi connectivity index (χ0v) is 18.1. The molecule has 3 aromatic heterocycles. The molecule has 0 radical (unpaired) electrons. The second-order valence-corrected chi connectivity index (χ2v) is 9.17. The number of carbonyl (C=O) groups excluding carboxylic acids is 1. The van der Waals surface area contributed by atoms with Gasteiger partial charge in [0.05, 0.1) is 17.7 Å². The highest BCUT2D eigenvalue weighted by molar-refractivity contribution is 9.10. The molecule has 0 fully saturated rings. The number of hydrogen-bond donors (Lipinski definition) is 0. The third-order valence-corrected chi connectivity index (χ3v) is 5.52. The lowest BCUT2D eigenvalue weighted by Crippen LogP contribution is -2.36. The Labute approximate surface area is 169 Å². The lowest BCUT2D eigenvalue weighted by Gasteiger charge is -2.28. The molecule has 3 rings (SSSR count). The second-order valence-electron chi connectivity index (χ2n) is 6.89. The average molecular weight is 457 g/mol. The first-order chi connectivity index (χ1) is 12.2. The summed E-state index contributed by atoms with van der Waals surface area (Å²) < 4.78 is 8.23. The molecule has 5 nitrogen and oxygen atoms in total. The number of thiophene rings is 1. The number of aromatic nitrogens is 2. The topological polar surface area (TPSA) is 46.8 Å². The molecular formula is C18H19BrClN3O2S. The molecule has 0 aliphatic carbocycles. The van der Waals surface area contributed by atoms with Crippen LogP contribution in [0.1, 0.15) is 31.2 Å². The molecule has 0 aromatic carbocycles. The van der Waals surface area contributed by atoms with Gasteiger partial charge in [0.2, 0.25) is 0 Å². The smallest absolute Gasteiger partial charge is 0.415 e. The van der Waals surface area contributed by atoms with Gasteiger partial charge in [0.15, 0.2) is 5.15 Å². The molecule has 0 saturated carbocycles. The monoisotopic (exact) mass is 455 g/mol. The van der Waals surface area contributed by atoms with Crippen LogP contribution in [0.15, 0.2) is 34.2 Å². The van der Waals surface area contributed by atoms with E-state index in [-0.39, 0.29) is 0 Å². The molecule has 3 aromatic rings. The Balaban J connectivity index is 2.15. The number of hydrogen-bond acceptors (Lipinski definition) is 4. The van der Waals surface area contributed by atoms with Crippen molar-refractivity contribution >= 4 is 56.2 Å². The van der Waals surface area contributed by atoms with Gasteiger partial charge in [-0.15, -0.1) is 11.3 Å². The van der Waals surface area contributed by atoms with Crippen molar-refractivity contribution in [3.05, 3.63) is 49.8 Å². The van der Waals surface area contributed by atoms with E-state index in [1.807, 2.05) is 51.4 Å². The van der Waals surface area contributed by atoms with Crippen molar-refractivity contribution in [1.29, 1.82) is 0 Å². The Hall–Kier alpha value is -1.57. The Morgan fingerprint density at radius 3 is 2.81 bits per heavy atom. The molecule has 26 heavy (non-hydrogen) atoms. The molecule has 0 aliphatic rings. The van der Waals surface area contributed by atoms with Crippen molar-refractivity contribution in [2.24, 2.45) is 0 Å². The maximum atomic E-state index is 13.0. The number of carbonyl (C=O) groups is 1. The van der Waals surface area contributed by atoms with Crippen LogP contribution in [0.5, 0.6) is 0 Å². The molecule has 0 aliphatic heterocycles. The van der Waals surface area contributed by atoms with Crippen molar-refractivity contribution in [1.82, 2.24) is 9.61 Å². The fraction of sp³-hybridized carbons (Fsp3) is 0.333. The van der Waals surface area contributed by atoms with Crippen molar-refractivity contribution in [2.75, 3.05) is 4.90 Å². The SMILES string of the molecule is Cc1c(Br)cn2nc(Cl)cc(N(Cc3cccs3)C(=O)OC(C)(C)C)c12. The summed E-state index contributed by atoms with van der Waals surface area (Å²) in [5.41, 5.74) is 1.85. The van der Waals surface area contributed by atoms with Gasteiger partial charge in [-0.05, 0) is 60.6 Å². The van der Waals surface area contributed by atoms with E-state index in [2.05, 4.69) is 21.0 Å². The molecule has 138 valence electrons. The Morgan fingerprint density at radius 2 is 2.19 bits per heavy atom. The largest absolute Gasteiger partial charge is 0.443 e. The minimum Gasteiger partial charge on any atom is -0.443 e. The first-order valence-electron chi connectivity index (χ1n) is 8.02. The number of nitrogens with zero attached hydrogens (tertiary/aromatic N) is 3. The van der Waals surface area contributed by atoms with Gasteiger partial charge in [-0.25, -0.2) is 9.31 Å². The van der Waals surface area contributed by atoms with Crippen molar-refractivity contribution in [2.45, 2.75) is 39.8 Å². The summed E-state index contributed by atoms with van der Waals surface area (Å²) in [6.07, 6.45) is 1.41. The predicted octanol–water partition coefficient (Wildman–Crippen LogP) is 6.06. The summed E-state index contributed by atoms with van der Waals surface area (Å²) in [5, 5.41) is 6.59. The fourth-order valence-corrected chi connectivity index (χ4v) is 3.84. The van der Waals surface area contributed by atoms with Gasteiger partial charge in [-0.1, -0.05) is 17.7 Å². The van der Waals surface area contributed by atoms with Crippen LogP contribution in [-0.2, 0) is 11.3 Å². The lowest BCUT2D eigenvalue weighted by molar-refractivity contribution is 0.0578. The van der Waals surface area contributed by atoms with E-state index in [0.717, 1.165) is 20.4 Å². The summed E-state index contributed by atoms with van der Waals surface area (Å²) in [4.78, 5) is 15.6. The van der Waals surface area contributed by atoms with Gasteiger partial charge >= 0.3 is 6.09 Å². The normalized spacial score (nSPS) is 11.8. The van der Waals surface area contributed by atoms with Gasteiger partial charge in [0, 0.05) is 21.6 Å². The number of fused-ring (bicyclic) bond motifs is 1. The molecule has 3 heterocycles. The molecule has 8 heteroatoms. The van der Waals surface area contributed by atoms with Crippen molar-refractivity contribution in [3.63, 3.8) is 0 Å². The van der Waals surface area contributed by atoms with E-state index < -0.39 is 11.7 Å². The number of ether oxygens (including phenoxy) is 1. The van der Waals surface area contributed by atoms with Crippen molar-refractivity contribution in [3.8, 4) is 0 Å². The van der Waals surface area contributed by atoms with Crippen molar-refractivity contribution < 1.29 is 9.53 Å². The molecule has 0 unspecified atom stereocenters. The quantitative estimate of drug-likeness (QED) is 0.481. The zero-order valence-electron chi connectivity index (χ0n) is 14.9. The van der Waals surface area contributed by atoms with E-state index in [4.69, 9.17) is 16.3 Å². The van der Waals surface area contributed by atoms with Gasteiger partial charge < -0.3 is 4.74 Å². The standard InChI is InChI=1S/C18H19BrClN3O2S/c1-11-13(19)10-23-16(11)14(8-15(20)21-23)22(9-12-6-5-7-26-12)17(24)25-18(2,3)4/h5-8,10H,9H2,1-4H3. The minimum atomic E-state index is -0.602. The first-order valence-corrected chi connectivity index (χ1v) is 10.1. The highest BCUT2D eigenvalue weighted by Gasteiger charge is 2.27. The maximum Gasteiger partial charge on any atom is 0.415 e. The molecular weight excluding hydrogens is 438 g/mol. The fourth-order valence-electron chi connectivity index (χ4n) is 2.58. The Morgan fingerprint density at radius 1 is 1.46 bits per heavy atom. The van der Waals surface area contributed by atoms with Crippen LogP contribution in [0, 0.1) is 6.92 Å². The molecule has 0 atom stereocenters. The lowest BCUT2D eigenvalue weighted by atomic mass is 10.2. The second kappa shape index (κ2) is 7.21. The van der Waals surface area contributed by atoms with Crippen LogP contribution < -0.4 is 4.90 Å². The molecule has 0 bridgehead atoms. The maximum absolute atomic E-state index is 13.0. The Bertz CT molecular complexity index is 948. The van der Waals surface area contributed by atoms with Gasteiger partial charge in [0.1, 0.15) is 5.60 Å². The van der Waals surface area contributed by atoms with Gasteiger partial charge in [0.25, 0.3) is 0 Å². The van der Waals surface area contributed by atoms with Crippen LogP contribution in [0.2, 0.25) is 5.15 Å². The van der Waals surface area contributed by atoms with E-state index in [1.54, 1.807) is 26.8 Å². The number of amides is 1. The number of aryl methyl sites for hydroxylation is 1. The van der Waals surface area contributed by atoms with E-state index in [0.29, 0.717) is 17.4 Å². The van der Waals surface area contributed by atoms with Crippen LogP contribution in [-0.4, -0.2) is 21.3 Å². The number of anilines is 1. The third kappa shape index (κ3) is 4.05. The minimum absolute atomic E-state index is 0.301. The summed E-state index contributed by atoms with van der Waals surface area (Å²) in [5.74, 6) is 0. The molecule has 0 spiro atoms. The summed E-state index contributed by atoms with van der Waals surface area (Å²) in [6, 6.07) is 5.65. The number of halogens is 2. The predicted molar refractivity (Wildman–Crippen MR) is 109 cm³/mol. The van der Waals surface area contributed by atoms with Crippen LogP contribution >= 0.6 is 38.9 Å². The van der Waals surface area contributed by atoms with E-state index >= 15 is 0 Å². The first kappa shape index (κ1) is 19.2. The highest BCUT2D eigenvalue weighted by atomic mass is 79.9. The zero-order chi connectivity index (χ0) is 19.1. The van der Waals surface area contributed by atoms with E-state index in [9.17, 15) is 4.79 Å². The Kier molecular flexibility index (Phi) is 5.33. The summed E-state index contributed by atoms with van der Waals surface area (Å²) in [7, 11) is 0. The van der Waals surface area contributed by atoms with E-state index in [1.165, 1.54) is 0 Å². The summed E-state index contributed by atoms with van der Waals surface area (Å²) >= 11 is 11.3. The van der Waals surface area contributed by atoms with Gasteiger partial charge in [-0.3, -0.25) is 4.90 Å². The summed E-state index contributed by atoms with van der Waals surface area (Å²) in [6.45, 7) is 7.91. The molecule has 0 saturated heterocycles.